The number of aldehydes is 1. The van der Waals surface area contributed by atoms with Gasteiger partial charge in [0.1, 0.15) is 12.0 Å². The lowest BCUT2D eigenvalue weighted by molar-refractivity contribution is -0.384. The molecule has 0 aromatic heterocycles. The molecule has 0 N–H and O–H groups in total. The summed E-state index contributed by atoms with van der Waals surface area (Å²) in [6.45, 7) is -0.302. The number of hydrogen-bond donors (Lipinski definition) is 0. The van der Waals surface area contributed by atoms with Crippen molar-refractivity contribution in [2.24, 2.45) is 5.10 Å². The van der Waals surface area contributed by atoms with Crippen molar-refractivity contribution in [1.82, 2.24) is 5.01 Å². The molecule has 3 aromatic carbocycles. The van der Waals surface area contributed by atoms with Gasteiger partial charge in [-0.15, -0.1) is 0 Å². The minimum atomic E-state index is -0.473. The zero-order valence-electron chi connectivity index (χ0n) is 19.6. The Labute approximate surface area is 206 Å². The van der Waals surface area contributed by atoms with Gasteiger partial charge >= 0.3 is 0 Å². The van der Waals surface area contributed by atoms with Crippen LogP contribution in [0.25, 0.3) is 0 Å². The first-order chi connectivity index (χ1) is 17.4. The number of hydrazone groups is 1. The van der Waals surface area contributed by atoms with Gasteiger partial charge < -0.3 is 14.2 Å². The Morgan fingerprint density at radius 3 is 2.50 bits per heavy atom. The highest BCUT2D eigenvalue weighted by atomic mass is 16.6. The molecular weight excluding hydrogens is 466 g/mol. The fourth-order valence-electron chi connectivity index (χ4n) is 3.90. The molecule has 0 saturated heterocycles. The fraction of sp³-hybridized carbons (Fsp3) is 0.192. The highest BCUT2D eigenvalue weighted by molar-refractivity contribution is 6.03. The lowest BCUT2D eigenvalue weighted by atomic mass is 9.98. The second-order valence-corrected chi connectivity index (χ2v) is 7.90. The van der Waals surface area contributed by atoms with Crippen LogP contribution in [0.2, 0.25) is 0 Å². The Balaban J connectivity index is 1.63. The van der Waals surface area contributed by atoms with E-state index < -0.39 is 16.9 Å². The minimum absolute atomic E-state index is 0.0346. The van der Waals surface area contributed by atoms with Gasteiger partial charge in [-0.2, -0.15) is 5.10 Å². The third-order valence-corrected chi connectivity index (χ3v) is 5.73. The molecule has 36 heavy (non-hydrogen) atoms. The van der Waals surface area contributed by atoms with Crippen molar-refractivity contribution in [3.63, 3.8) is 0 Å². The standard InChI is InChI=1S/C26H23N3O7/c1-34-24-11-8-19(13-25(24)35-2)23-14-22(18-6-9-20(10-7-18)29(32)33)27-28(23)26(31)16-36-21-5-3-4-17(12-21)15-30/h3-13,15,23H,14,16H2,1-2H3. The monoisotopic (exact) mass is 489 g/mol. The van der Waals surface area contributed by atoms with Gasteiger partial charge in [0.25, 0.3) is 11.6 Å². The second kappa shape index (κ2) is 10.7. The van der Waals surface area contributed by atoms with Crippen LogP contribution in [0.4, 0.5) is 5.69 Å². The number of benzene rings is 3. The smallest absolute Gasteiger partial charge is 0.281 e. The molecule has 1 heterocycles. The van der Waals surface area contributed by atoms with Crippen LogP contribution < -0.4 is 14.2 Å². The van der Waals surface area contributed by atoms with Crippen molar-refractivity contribution >= 4 is 23.6 Å². The molecule has 0 spiro atoms. The quantitative estimate of drug-likeness (QED) is 0.251. The number of nitro groups is 1. The molecule has 0 saturated carbocycles. The number of hydrogen-bond acceptors (Lipinski definition) is 8. The first kappa shape index (κ1) is 24.4. The summed E-state index contributed by atoms with van der Waals surface area (Å²) in [5, 5.41) is 16.9. The maximum Gasteiger partial charge on any atom is 0.281 e. The van der Waals surface area contributed by atoms with E-state index >= 15 is 0 Å². The Hall–Kier alpha value is -4.73. The first-order valence-corrected chi connectivity index (χ1v) is 11.0. The average molecular weight is 489 g/mol. The molecule has 10 nitrogen and oxygen atoms in total. The van der Waals surface area contributed by atoms with Crippen LogP contribution in [-0.2, 0) is 4.79 Å². The van der Waals surface area contributed by atoms with Crippen LogP contribution in [0.3, 0.4) is 0 Å². The van der Waals surface area contributed by atoms with Gasteiger partial charge in [0, 0.05) is 24.1 Å². The van der Waals surface area contributed by atoms with Crippen LogP contribution in [0.15, 0.2) is 71.8 Å². The van der Waals surface area contributed by atoms with Crippen molar-refractivity contribution in [3.8, 4) is 17.2 Å². The number of carbonyl (C=O) groups is 2. The molecule has 4 rings (SSSR count). The fourth-order valence-corrected chi connectivity index (χ4v) is 3.90. The molecule has 0 radical (unpaired) electrons. The molecule has 0 bridgehead atoms. The van der Waals surface area contributed by atoms with Crippen molar-refractivity contribution in [3.05, 3.63) is 93.5 Å². The van der Waals surface area contributed by atoms with Gasteiger partial charge in [-0.3, -0.25) is 19.7 Å². The van der Waals surface area contributed by atoms with Crippen molar-refractivity contribution < 1.29 is 28.7 Å². The van der Waals surface area contributed by atoms with Gasteiger partial charge in [0.15, 0.2) is 18.1 Å². The Morgan fingerprint density at radius 1 is 1.08 bits per heavy atom. The first-order valence-electron chi connectivity index (χ1n) is 11.0. The maximum absolute atomic E-state index is 13.2. The lowest BCUT2D eigenvalue weighted by Gasteiger charge is -2.23. The van der Waals surface area contributed by atoms with E-state index in [2.05, 4.69) is 5.10 Å². The summed E-state index contributed by atoms with van der Waals surface area (Å²) in [7, 11) is 3.06. The number of nitro benzene ring substituents is 1. The van der Waals surface area contributed by atoms with E-state index in [4.69, 9.17) is 14.2 Å². The van der Waals surface area contributed by atoms with Gasteiger partial charge in [0.2, 0.25) is 0 Å². The number of rotatable bonds is 9. The summed E-state index contributed by atoms with van der Waals surface area (Å²) >= 11 is 0. The van der Waals surface area contributed by atoms with Crippen molar-refractivity contribution in [2.75, 3.05) is 20.8 Å². The third-order valence-electron chi connectivity index (χ3n) is 5.73. The number of methoxy groups -OCH3 is 2. The maximum atomic E-state index is 13.2. The molecule has 184 valence electrons. The van der Waals surface area contributed by atoms with Gasteiger partial charge in [-0.05, 0) is 47.5 Å². The summed E-state index contributed by atoms with van der Waals surface area (Å²) in [5.41, 5.74) is 2.43. The number of non-ortho nitro benzene ring substituents is 1. The molecule has 0 fully saturated rings. The summed E-state index contributed by atoms with van der Waals surface area (Å²) in [4.78, 5) is 34.8. The highest BCUT2D eigenvalue weighted by Gasteiger charge is 2.34. The van der Waals surface area contributed by atoms with Gasteiger partial charge in [-0.1, -0.05) is 18.2 Å². The molecule has 1 atom stereocenters. The molecular formula is C26H23N3O7. The summed E-state index contributed by atoms with van der Waals surface area (Å²) in [5.74, 6) is 1.04. The second-order valence-electron chi connectivity index (χ2n) is 7.90. The molecule has 1 aliphatic heterocycles. The summed E-state index contributed by atoms with van der Waals surface area (Å²) in [6.07, 6.45) is 1.07. The van der Waals surface area contributed by atoms with Crippen molar-refractivity contribution in [2.45, 2.75) is 12.5 Å². The van der Waals surface area contributed by atoms with E-state index in [1.54, 1.807) is 48.5 Å². The number of nitrogens with zero attached hydrogens (tertiary/aromatic N) is 3. The Morgan fingerprint density at radius 2 is 1.83 bits per heavy atom. The summed E-state index contributed by atoms with van der Waals surface area (Å²) < 4.78 is 16.4. The normalized spacial score (nSPS) is 14.7. The van der Waals surface area contributed by atoms with Crippen LogP contribution in [0.5, 0.6) is 17.2 Å². The van der Waals surface area contributed by atoms with E-state index in [0.29, 0.717) is 46.8 Å². The van der Waals surface area contributed by atoms with E-state index in [1.807, 2.05) is 6.07 Å². The average Bonchev–Trinajstić information content (AvgIpc) is 3.37. The largest absolute Gasteiger partial charge is 0.493 e. The number of amides is 1. The Bertz CT molecular complexity index is 1320. The van der Waals surface area contributed by atoms with E-state index in [-0.39, 0.29) is 12.3 Å². The van der Waals surface area contributed by atoms with Gasteiger partial charge in [0.05, 0.1) is 30.9 Å². The lowest BCUT2D eigenvalue weighted by Crippen LogP contribution is -2.31. The van der Waals surface area contributed by atoms with Gasteiger partial charge in [-0.25, -0.2) is 5.01 Å². The molecule has 1 unspecified atom stereocenters. The molecule has 10 heteroatoms. The van der Waals surface area contributed by atoms with E-state index in [0.717, 1.165) is 5.56 Å². The van der Waals surface area contributed by atoms with E-state index in [1.165, 1.54) is 31.4 Å². The van der Waals surface area contributed by atoms with Crippen LogP contribution in [0, 0.1) is 10.1 Å². The summed E-state index contributed by atoms with van der Waals surface area (Å²) in [6, 6.07) is 17.4. The predicted molar refractivity (Wildman–Crippen MR) is 131 cm³/mol. The molecule has 3 aromatic rings. The highest BCUT2D eigenvalue weighted by Crippen LogP contribution is 2.37. The van der Waals surface area contributed by atoms with Crippen molar-refractivity contribution in [1.29, 1.82) is 0 Å². The van der Waals surface area contributed by atoms with Crippen LogP contribution >= 0.6 is 0 Å². The predicted octanol–water partition coefficient (Wildman–Crippen LogP) is 4.18. The SMILES string of the molecule is COc1ccc(C2CC(c3ccc([N+](=O)[O-])cc3)=NN2C(=O)COc2cccc(C=O)c2)cc1OC. The van der Waals surface area contributed by atoms with Crippen LogP contribution in [0.1, 0.15) is 33.9 Å². The topological polar surface area (TPSA) is 121 Å². The molecule has 1 aliphatic rings. The minimum Gasteiger partial charge on any atom is -0.493 e. The Kier molecular flexibility index (Phi) is 7.24. The third kappa shape index (κ3) is 5.17. The molecule has 1 amide bonds. The zero-order chi connectivity index (χ0) is 25.7. The number of ether oxygens (including phenoxy) is 3. The zero-order valence-corrected chi connectivity index (χ0v) is 19.6. The van der Waals surface area contributed by atoms with Crippen LogP contribution in [-0.4, -0.2) is 48.7 Å². The van der Waals surface area contributed by atoms with E-state index in [9.17, 15) is 19.7 Å². The molecule has 0 aliphatic carbocycles. The number of carbonyl (C=O) groups excluding carboxylic acids is 2.